The third kappa shape index (κ3) is 1.78. The maximum absolute atomic E-state index is 3.26. The molecule has 1 heterocycles. The molecule has 48 valence electrons. The molecule has 1 rings (SSSR count). The topological polar surface area (TPSA) is 27.3 Å². The molecular formula is C5H13N3. The average molecular weight is 115 g/mol. The van der Waals surface area contributed by atoms with E-state index < -0.39 is 0 Å². The van der Waals surface area contributed by atoms with E-state index in [-0.39, 0.29) is 0 Å². The number of hydrogen-bond donors (Lipinski definition) is 2. The first-order valence-corrected chi connectivity index (χ1v) is 2.99. The van der Waals surface area contributed by atoms with Crippen molar-refractivity contribution in [3.63, 3.8) is 0 Å². The van der Waals surface area contributed by atoms with Gasteiger partial charge in [0, 0.05) is 26.4 Å². The van der Waals surface area contributed by atoms with Crippen molar-refractivity contribution in [3.8, 4) is 0 Å². The predicted molar refractivity (Wildman–Crippen MR) is 33.5 cm³/mol. The van der Waals surface area contributed by atoms with Crippen LogP contribution in [0.25, 0.3) is 0 Å². The van der Waals surface area contributed by atoms with E-state index in [1.54, 1.807) is 0 Å². The smallest absolute Gasteiger partial charge is 0.0489 e. The maximum Gasteiger partial charge on any atom is 0.0489 e. The summed E-state index contributed by atoms with van der Waals surface area (Å²) in [6.07, 6.45) is 0. The summed E-state index contributed by atoms with van der Waals surface area (Å²) in [5.41, 5.74) is 0. The number of hydrogen-bond acceptors (Lipinski definition) is 3. The molecule has 3 nitrogen and oxygen atoms in total. The number of rotatable bonds is 0. The first kappa shape index (κ1) is 6.01. The second-order valence-electron chi connectivity index (χ2n) is 2.17. The van der Waals surface area contributed by atoms with Crippen LogP contribution >= 0.6 is 0 Å². The highest BCUT2D eigenvalue weighted by Crippen LogP contribution is 1.77. The molecule has 1 saturated heterocycles. The van der Waals surface area contributed by atoms with Crippen molar-refractivity contribution in [2.75, 3.05) is 33.5 Å². The van der Waals surface area contributed by atoms with Crippen molar-refractivity contribution in [2.45, 2.75) is 0 Å². The van der Waals surface area contributed by atoms with Gasteiger partial charge in [0.05, 0.1) is 0 Å². The molecule has 0 aromatic heterocycles. The van der Waals surface area contributed by atoms with Gasteiger partial charge in [-0.2, -0.15) is 0 Å². The first-order valence-electron chi connectivity index (χ1n) is 2.99. The van der Waals surface area contributed by atoms with Crippen molar-refractivity contribution in [2.24, 2.45) is 0 Å². The zero-order valence-electron chi connectivity index (χ0n) is 5.28. The Morgan fingerprint density at radius 1 is 1.12 bits per heavy atom. The second kappa shape index (κ2) is 3.02. The van der Waals surface area contributed by atoms with Crippen molar-refractivity contribution in [1.82, 2.24) is 15.5 Å². The summed E-state index contributed by atoms with van der Waals surface area (Å²) in [5, 5.41) is 6.52. The van der Waals surface area contributed by atoms with Crippen LogP contribution in [0.3, 0.4) is 0 Å². The second-order valence-corrected chi connectivity index (χ2v) is 2.17. The van der Waals surface area contributed by atoms with Gasteiger partial charge in [0.1, 0.15) is 0 Å². The van der Waals surface area contributed by atoms with Crippen molar-refractivity contribution in [3.05, 3.63) is 0 Å². The Kier molecular flexibility index (Phi) is 2.27. The maximum atomic E-state index is 3.26. The fourth-order valence-electron chi connectivity index (χ4n) is 0.773. The molecular weight excluding hydrogens is 102 g/mol. The summed E-state index contributed by atoms with van der Waals surface area (Å²) in [4.78, 5) is 2.20. The molecule has 0 amide bonds. The largest absolute Gasteiger partial charge is 0.303 e. The molecule has 3 heteroatoms. The summed E-state index contributed by atoms with van der Waals surface area (Å²) in [5.74, 6) is 0. The molecule has 0 aromatic carbocycles. The highest BCUT2D eigenvalue weighted by atomic mass is 15.3. The number of nitrogens with zero attached hydrogens (tertiary/aromatic N) is 1. The van der Waals surface area contributed by atoms with Gasteiger partial charge in [-0.1, -0.05) is 0 Å². The summed E-state index contributed by atoms with van der Waals surface area (Å²) >= 11 is 0. The molecule has 1 fully saturated rings. The summed E-state index contributed by atoms with van der Waals surface area (Å²) in [6.45, 7) is 4.19. The van der Waals surface area contributed by atoms with Gasteiger partial charge in [0.15, 0.2) is 0 Å². The molecule has 1 aliphatic rings. The lowest BCUT2D eigenvalue weighted by atomic mass is 10.6. The zero-order chi connectivity index (χ0) is 5.82. The first-order chi connectivity index (χ1) is 3.89. The average Bonchev–Trinajstić information content (AvgIpc) is 1.94. The fraction of sp³-hybridized carbons (Fsp3) is 1.00. The zero-order valence-corrected chi connectivity index (χ0v) is 5.28. The summed E-state index contributed by atoms with van der Waals surface area (Å²) in [6, 6.07) is 0. The molecule has 1 aliphatic heterocycles. The van der Waals surface area contributed by atoms with Gasteiger partial charge < -0.3 is 10.6 Å². The van der Waals surface area contributed by atoms with Crippen LogP contribution in [0.2, 0.25) is 0 Å². The Balaban J connectivity index is 2.17. The van der Waals surface area contributed by atoms with Gasteiger partial charge in [-0.3, -0.25) is 4.90 Å². The molecule has 0 atom stereocenters. The lowest BCUT2D eigenvalue weighted by Gasteiger charge is -2.11. The van der Waals surface area contributed by atoms with E-state index in [1.807, 2.05) is 0 Å². The van der Waals surface area contributed by atoms with Gasteiger partial charge >= 0.3 is 0 Å². The van der Waals surface area contributed by atoms with Crippen molar-refractivity contribution >= 4 is 0 Å². The highest BCUT2D eigenvalue weighted by Gasteiger charge is 1.99. The van der Waals surface area contributed by atoms with E-state index in [0.29, 0.717) is 0 Å². The van der Waals surface area contributed by atoms with Crippen LogP contribution < -0.4 is 10.6 Å². The van der Waals surface area contributed by atoms with Crippen LogP contribution in [-0.2, 0) is 0 Å². The van der Waals surface area contributed by atoms with Gasteiger partial charge in [-0.05, 0) is 7.05 Å². The van der Waals surface area contributed by atoms with Crippen LogP contribution in [0, 0.1) is 0 Å². The Labute approximate surface area is 50.1 Å². The van der Waals surface area contributed by atoms with E-state index in [4.69, 9.17) is 0 Å². The molecule has 0 unspecified atom stereocenters. The standard InChI is InChI=1S/C5H13N3/c1-8-4-6-2-3-7-5-8/h6-7H,2-5H2,1H3. The molecule has 0 bridgehead atoms. The Hall–Kier alpha value is -0.120. The van der Waals surface area contributed by atoms with Crippen LogP contribution in [-0.4, -0.2) is 38.4 Å². The minimum absolute atomic E-state index is 1.01. The Morgan fingerprint density at radius 2 is 1.62 bits per heavy atom. The molecule has 0 radical (unpaired) electrons. The normalized spacial score (nSPS) is 25.1. The van der Waals surface area contributed by atoms with Crippen molar-refractivity contribution in [1.29, 1.82) is 0 Å². The molecule has 0 spiro atoms. The molecule has 0 saturated carbocycles. The van der Waals surface area contributed by atoms with Crippen LogP contribution in [0.4, 0.5) is 0 Å². The molecule has 0 aromatic rings. The summed E-state index contributed by atoms with van der Waals surface area (Å²) in [7, 11) is 2.09. The minimum Gasteiger partial charge on any atom is -0.303 e. The molecule has 2 N–H and O–H groups in total. The van der Waals surface area contributed by atoms with E-state index in [9.17, 15) is 0 Å². The van der Waals surface area contributed by atoms with Crippen LogP contribution in [0.15, 0.2) is 0 Å². The van der Waals surface area contributed by atoms with E-state index in [2.05, 4.69) is 22.6 Å². The van der Waals surface area contributed by atoms with Gasteiger partial charge in [-0.15, -0.1) is 0 Å². The fourth-order valence-corrected chi connectivity index (χ4v) is 0.773. The van der Waals surface area contributed by atoms with Gasteiger partial charge in [0.25, 0.3) is 0 Å². The Morgan fingerprint density at radius 3 is 2.12 bits per heavy atom. The monoisotopic (exact) mass is 115 g/mol. The minimum atomic E-state index is 1.01. The number of nitrogens with one attached hydrogen (secondary N) is 2. The summed E-state index contributed by atoms with van der Waals surface area (Å²) < 4.78 is 0. The SMILES string of the molecule is CN1CNCCNC1. The predicted octanol–water partition coefficient (Wildman–Crippen LogP) is -0.974. The molecule has 8 heavy (non-hydrogen) atoms. The molecule has 0 aliphatic carbocycles. The lowest BCUT2D eigenvalue weighted by Crippen LogP contribution is -2.31. The van der Waals surface area contributed by atoms with E-state index in [1.165, 1.54) is 0 Å². The van der Waals surface area contributed by atoms with Crippen molar-refractivity contribution < 1.29 is 0 Å². The van der Waals surface area contributed by atoms with E-state index >= 15 is 0 Å². The highest BCUT2D eigenvalue weighted by molar-refractivity contribution is 4.56. The van der Waals surface area contributed by atoms with Crippen LogP contribution in [0.5, 0.6) is 0 Å². The third-order valence-corrected chi connectivity index (χ3v) is 1.24. The lowest BCUT2D eigenvalue weighted by molar-refractivity contribution is 0.317. The quantitative estimate of drug-likeness (QED) is 0.425. The van der Waals surface area contributed by atoms with Gasteiger partial charge in [-0.25, -0.2) is 0 Å². The van der Waals surface area contributed by atoms with E-state index in [0.717, 1.165) is 26.4 Å². The third-order valence-electron chi connectivity index (χ3n) is 1.24. The van der Waals surface area contributed by atoms with Gasteiger partial charge in [0.2, 0.25) is 0 Å². The Bertz CT molecular complexity index is 56.7. The van der Waals surface area contributed by atoms with Crippen LogP contribution in [0.1, 0.15) is 0 Å².